The molecule has 3 rings (SSSR count). The molecule has 0 spiro atoms. The van der Waals surface area contributed by atoms with Gasteiger partial charge in [-0.25, -0.2) is 4.79 Å². The Bertz CT molecular complexity index is 1080. The third-order valence-corrected chi connectivity index (χ3v) is 8.83. The van der Waals surface area contributed by atoms with Crippen molar-refractivity contribution in [2.24, 2.45) is 0 Å². The number of carbonyl (C=O) groups is 2. The topological polar surface area (TPSA) is 94.1 Å². The number of benzene rings is 2. The highest BCUT2D eigenvalue weighted by Gasteiger charge is 2.51. The third kappa shape index (κ3) is 7.77. The highest BCUT2D eigenvalue weighted by atomic mass is 28.3. The monoisotopic (exact) mass is 525 g/mol. The number of aliphatic carboxylic acids is 1. The van der Waals surface area contributed by atoms with E-state index < -0.39 is 44.4 Å². The number of nitrogens with one attached hydrogen (secondary N) is 1. The van der Waals surface area contributed by atoms with Gasteiger partial charge < -0.3 is 24.5 Å². The van der Waals surface area contributed by atoms with Gasteiger partial charge in [0, 0.05) is 8.07 Å². The lowest BCUT2D eigenvalue weighted by Gasteiger charge is -2.32. The molecule has 1 atom stereocenters. The summed E-state index contributed by atoms with van der Waals surface area (Å²) in [6.07, 6.45) is 0.129. The Balaban J connectivity index is 1.87. The summed E-state index contributed by atoms with van der Waals surface area (Å²) in [5.74, 6) is -1.45. The second-order valence-electron chi connectivity index (χ2n) is 11.9. The maximum atomic E-state index is 13.1. The Kier molecular flexibility index (Phi) is 9.06. The highest BCUT2D eigenvalue weighted by Crippen LogP contribution is 2.36. The van der Waals surface area contributed by atoms with E-state index in [1.54, 1.807) is 12.1 Å². The van der Waals surface area contributed by atoms with Crippen LogP contribution in [0.15, 0.2) is 48.5 Å². The zero-order valence-electron chi connectivity index (χ0n) is 23.1. The molecule has 0 unspecified atom stereocenters. The average Bonchev–Trinajstić information content (AvgIpc) is 3.03. The van der Waals surface area contributed by atoms with Gasteiger partial charge in [0.2, 0.25) is 0 Å². The molecule has 200 valence electrons. The van der Waals surface area contributed by atoms with Crippen molar-refractivity contribution in [3.05, 3.63) is 65.2 Å². The molecule has 0 saturated carbocycles. The predicted molar refractivity (Wildman–Crippen MR) is 149 cm³/mol. The molecule has 0 radical (unpaired) electrons. The van der Waals surface area contributed by atoms with Gasteiger partial charge in [0.1, 0.15) is 12.6 Å². The fourth-order valence-electron chi connectivity index (χ4n) is 4.00. The molecule has 1 heterocycles. The van der Waals surface area contributed by atoms with E-state index in [2.05, 4.69) is 25.0 Å². The van der Waals surface area contributed by atoms with E-state index in [4.69, 9.17) is 14.0 Å². The number of carboxylic acid groups (broad SMARTS) is 1. The first-order valence-corrected chi connectivity index (χ1v) is 16.5. The SMILES string of the molecule is CC1(C)OB(c2ccc(C(=O)OCc3ccccc3)c(C[C@H](NCC[Si](C)(C)C)C(=O)O)c2)OC1(C)C. The molecule has 2 aromatic rings. The standard InChI is InChI=1S/C28H40BNO6Si/c1-27(2)28(3,4)36-29(35-27)22-13-14-23(26(33)34-19-20-11-9-8-10-12-20)21(17-22)18-24(25(31)32)30-15-16-37(5,6)7/h8-14,17,24,30H,15-16,18-19H2,1-7H3,(H,31,32)/t24-/m0/s1. The summed E-state index contributed by atoms with van der Waals surface area (Å²) in [6.45, 7) is 15.4. The molecule has 0 bridgehead atoms. The van der Waals surface area contributed by atoms with Crippen molar-refractivity contribution in [2.75, 3.05) is 6.54 Å². The first-order chi connectivity index (χ1) is 17.2. The normalized spacial score (nSPS) is 17.4. The molecule has 1 fully saturated rings. The van der Waals surface area contributed by atoms with E-state index in [0.717, 1.165) is 17.1 Å². The quantitative estimate of drug-likeness (QED) is 0.334. The second kappa shape index (κ2) is 11.5. The van der Waals surface area contributed by atoms with Gasteiger partial charge in [-0.15, -0.1) is 0 Å². The minimum Gasteiger partial charge on any atom is -0.480 e. The van der Waals surface area contributed by atoms with Gasteiger partial charge in [0.25, 0.3) is 0 Å². The smallest absolute Gasteiger partial charge is 0.480 e. The Morgan fingerprint density at radius 3 is 2.22 bits per heavy atom. The largest absolute Gasteiger partial charge is 0.494 e. The lowest BCUT2D eigenvalue weighted by atomic mass is 9.77. The number of rotatable bonds is 11. The number of hydrogen-bond acceptors (Lipinski definition) is 6. The summed E-state index contributed by atoms with van der Waals surface area (Å²) in [6, 6.07) is 14.9. The molecule has 0 amide bonds. The molecule has 0 aliphatic carbocycles. The molecule has 0 aromatic heterocycles. The van der Waals surface area contributed by atoms with Crippen LogP contribution in [-0.2, 0) is 31.9 Å². The number of ether oxygens (including phenoxy) is 1. The van der Waals surface area contributed by atoms with Crippen molar-refractivity contribution in [2.45, 2.75) is 83.7 Å². The van der Waals surface area contributed by atoms with Crippen molar-refractivity contribution in [1.29, 1.82) is 0 Å². The first kappa shape index (κ1) is 29.1. The van der Waals surface area contributed by atoms with Crippen LogP contribution in [0.3, 0.4) is 0 Å². The van der Waals surface area contributed by atoms with E-state index in [0.29, 0.717) is 17.7 Å². The molecule has 1 saturated heterocycles. The molecular formula is C28H40BNO6Si. The Labute approximate surface area is 222 Å². The lowest BCUT2D eigenvalue weighted by Crippen LogP contribution is -2.42. The highest BCUT2D eigenvalue weighted by molar-refractivity contribution is 6.76. The Hall–Kier alpha value is -2.46. The molecule has 7 nitrogen and oxygen atoms in total. The van der Waals surface area contributed by atoms with Crippen molar-refractivity contribution in [3.63, 3.8) is 0 Å². The minimum atomic E-state index is -1.34. The molecule has 37 heavy (non-hydrogen) atoms. The van der Waals surface area contributed by atoms with Crippen molar-refractivity contribution in [1.82, 2.24) is 5.32 Å². The van der Waals surface area contributed by atoms with E-state index in [9.17, 15) is 14.7 Å². The van der Waals surface area contributed by atoms with Crippen molar-refractivity contribution >= 4 is 32.6 Å². The van der Waals surface area contributed by atoms with E-state index in [-0.39, 0.29) is 13.0 Å². The molecule has 2 aromatic carbocycles. The second-order valence-corrected chi connectivity index (χ2v) is 17.5. The van der Waals surface area contributed by atoms with Crippen LogP contribution >= 0.6 is 0 Å². The summed E-state index contributed by atoms with van der Waals surface area (Å²) < 4.78 is 18.0. The number of esters is 1. The fourth-order valence-corrected chi connectivity index (χ4v) is 4.89. The third-order valence-electron chi connectivity index (χ3n) is 7.08. The van der Waals surface area contributed by atoms with Gasteiger partial charge in [-0.2, -0.15) is 0 Å². The minimum absolute atomic E-state index is 0.129. The van der Waals surface area contributed by atoms with Crippen LogP contribution in [0, 0.1) is 0 Å². The number of carboxylic acids is 1. The van der Waals surface area contributed by atoms with Crippen LogP contribution in [-0.4, -0.2) is 56.0 Å². The average molecular weight is 526 g/mol. The Morgan fingerprint density at radius 2 is 1.65 bits per heavy atom. The van der Waals surface area contributed by atoms with Crippen LogP contribution in [0.25, 0.3) is 0 Å². The van der Waals surface area contributed by atoms with Crippen LogP contribution < -0.4 is 10.8 Å². The van der Waals surface area contributed by atoms with Gasteiger partial charge in [0.05, 0.1) is 16.8 Å². The fraction of sp³-hybridized carbons (Fsp3) is 0.500. The van der Waals surface area contributed by atoms with Gasteiger partial charge in [0.15, 0.2) is 0 Å². The maximum Gasteiger partial charge on any atom is 0.494 e. The zero-order valence-corrected chi connectivity index (χ0v) is 24.1. The van der Waals surface area contributed by atoms with Gasteiger partial charge >= 0.3 is 19.1 Å². The lowest BCUT2D eigenvalue weighted by molar-refractivity contribution is -0.139. The van der Waals surface area contributed by atoms with Gasteiger partial charge in [-0.1, -0.05) is 62.1 Å². The van der Waals surface area contributed by atoms with Crippen LogP contribution in [0.4, 0.5) is 0 Å². The Morgan fingerprint density at radius 1 is 1.03 bits per heavy atom. The summed E-state index contributed by atoms with van der Waals surface area (Å²) in [5, 5.41) is 13.1. The summed E-state index contributed by atoms with van der Waals surface area (Å²) in [5.41, 5.74) is 1.50. The summed E-state index contributed by atoms with van der Waals surface area (Å²) >= 11 is 0. The molecular weight excluding hydrogens is 485 g/mol. The van der Waals surface area contributed by atoms with Crippen LogP contribution in [0.1, 0.15) is 49.2 Å². The van der Waals surface area contributed by atoms with E-state index in [1.165, 1.54) is 0 Å². The first-order valence-electron chi connectivity index (χ1n) is 12.8. The van der Waals surface area contributed by atoms with Crippen LogP contribution in [0.2, 0.25) is 25.7 Å². The zero-order chi connectivity index (χ0) is 27.4. The number of hydrogen-bond donors (Lipinski definition) is 2. The predicted octanol–water partition coefficient (Wildman–Crippen LogP) is 4.27. The number of carbonyl (C=O) groups excluding carboxylic acids is 1. The molecule has 2 N–H and O–H groups in total. The molecule has 9 heteroatoms. The van der Waals surface area contributed by atoms with Gasteiger partial charge in [-0.05, 0) is 69.4 Å². The summed E-state index contributed by atoms with van der Waals surface area (Å²) in [7, 11) is -1.96. The molecule has 1 aliphatic rings. The van der Waals surface area contributed by atoms with Crippen molar-refractivity contribution in [3.8, 4) is 0 Å². The van der Waals surface area contributed by atoms with E-state index >= 15 is 0 Å². The van der Waals surface area contributed by atoms with Gasteiger partial charge in [-0.3, -0.25) is 4.79 Å². The van der Waals surface area contributed by atoms with Crippen molar-refractivity contribution < 1.29 is 28.7 Å². The maximum absolute atomic E-state index is 13.1. The van der Waals surface area contributed by atoms with Crippen LogP contribution in [0.5, 0.6) is 0 Å². The summed E-state index contributed by atoms with van der Waals surface area (Å²) in [4.78, 5) is 25.3. The molecule has 1 aliphatic heterocycles. The van der Waals surface area contributed by atoms with E-state index in [1.807, 2.05) is 64.1 Å².